The first-order chi connectivity index (χ1) is 26.6. The van der Waals surface area contributed by atoms with Gasteiger partial charge in [0.05, 0.1) is 44.4 Å². The lowest BCUT2D eigenvalue weighted by Crippen LogP contribution is -2.50. The maximum Gasteiger partial charge on any atom is 0.305 e. The van der Waals surface area contributed by atoms with E-state index in [9.17, 15) is 32.4 Å². The van der Waals surface area contributed by atoms with Gasteiger partial charge in [-0.2, -0.15) is 8.42 Å². The third-order valence-electron chi connectivity index (χ3n) is 9.29. The number of anilines is 3. The molecule has 17 heteroatoms. The van der Waals surface area contributed by atoms with Gasteiger partial charge < -0.3 is 40.4 Å². The molecule has 300 valence electrons. The lowest BCUT2D eigenvalue weighted by atomic mass is 10.1. The Kier molecular flexibility index (Phi) is 13.6. The predicted octanol–water partition coefficient (Wildman–Crippen LogP) is 3.43. The molecular weight excluding hydrogens is 747 g/mol. The summed E-state index contributed by atoms with van der Waals surface area (Å²) in [6.07, 6.45) is 2.85. The Bertz CT molecular complexity index is 2090. The first-order valence-corrected chi connectivity index (χ1v) is 19.9. The van der Waals surface area contributed by atoms with E-state index in [2.05, 4.69) is 26.0 Å². The molecule has 4 amide bonds. The minimum atomic E-state index is -3.80. The summed E-state index contributed by atoms with van der Waals surface area (Å²) < 4.78 is 45.0. The molecule has 0 radical (unpaired) electrons. The van der Waals surface area contributed by atoms with Crippen molar-refractivity contribution in [2.45, 2.75) is 77.3 Å². The number of methoxy groups -OCH3 is 2. The first-order valence-electron chi connectivity index (χ1n) is 18.1. The fourth-order valence-corrected chi connectivity index (χ4v) is 6.79. The number of amides is 4. The molecule has 4 N–H and O–H groups in total. The van der Waals surface area contributed by atoms with Crippen LogP contribution in [-0.4, -0.2) is 83.2 Å². The Hall–Kier alpha value is -5.68. The second-order valence-electron chi connectivity index (χ2n) is 13.7. The maximum atomic E-state index is 13.8. The standard InChI is InChI=1S/C39H47N5O11S/c1-23(41-35(45)12-8-9-13-36(46)53-4)37(47)42-24(2)38(48)43-28-15-25(14-26(16-28)22-55-56(5,50)51)21-54-34-19-31-30(18-33(34)52-3)39(49)44-29(20-40-31)17-27-10-6-7-11-32(27)44/h6-7,10-11,14-16,18-19,23-24,29,40H,8-9,12-13,17,20-22H2,1-5H3,(H,41,45)(H,42,47)(H,43,48)/t23-,24-,29-/m0/s1. The van der Waals surface area contributed by atoms with Gasteiger partial charge in [0.2, 0.25) is 17.7 Å². The van der Waals surface area contributed by atoms with Gasteiger partial charge in [-0.15, -0.1) is 0 Å². The van der Waals surface area contributed by atoms with E-state index >= 15 is 0 Å². The lowest BCUT2D eigenvalue weighted by molar-refractivity contribution is -0.140. The van der Waals surface area contributed by atoms with Crippen LogP contribution < -0.4 is 35.6 Å². The highest BCUT2D eigenvalue weighted by molar-refractivity contribution is 7.85. The van der Waals surface area contributed by atoms with E-state index < -0.39 is 34.0 Å². The number of esters is 1. The average Bonchev–Trinajstić information content (AvgIpc) is 3.48. The average molecular weight is 794 g/mol. The van der Waals surface area contributed by atoms with Crippen molar-refractivity contribution in [3.05, 3.63) is 76.9 Å². The third-order valence-corrected chi connectivity index (χ3v) is 9.84. The number of fused-ring (bicyclic) bond motifs is 4. The van der Waals surface area contributed by atoms with Crippen LogP contribution in [0.25, 0.3) is 0 Å². The molecule has 0 saturated heterocycles. The number of nitrogens with one attached hydrogen (secondary N) is 4. The SMILES string of the molecule is COC(=O)CCCCC(=O)N[C@@H](C)C(=O)N[C@@H](C)C(=O)Nc1cc(COc2cc3c(cc2OC)C(=O)N2c4ccccc4C[C@H]2CN3)cc(COS(C)(=O)=O)c1. The van der Waals surface area contributed by atoms with Crippen molar-refractivity contribution >= 4 is 56.8 Å². The predicted molar refractivity (Wildman–Crippen MR) is 207 cm³/mol. The molecule has 0 bridgehead atoms. The smallest absolute Gasteiger partial charge is 0.305 e. The van der Waals surface area contributed by atoms with Crippen molar-refractivity contribution < 1.29 is 50.8 Å². The van der Waals surface area contributed by atoms with Crippen LogP contribution in [0.15, 0.2) is 54.6 Å². The molecule has 0 aliphatic carbocycles. The first kappa shape index (κ1) is 41.5. The molecule has 2 heterocycles. The van der Waals surface area contributed by atoms with Gasteiger partial charge in [0.15, 0.2) is 11.5 Å². The van der Waals surface area contributed by atoms with Crippen LogP contribution in [0.4, 0.5) is 17.1 Å². The number of carbonyl (C=O) groups is 5. The van der Waals surface area contributed by atoms with Gasteiger partial charge >= 0.3 is 5.97 Å². The molecule has 3 aromatic carbocycles. The molecule has 0 unspecified atom stereocenters. The highest BCUT2D eigenvalue weighted by Gasteiger charge is 2.37. The second kappa shape index (κ2) is 18.3. The summed E-state index contributed by atoms with van der Waals surface area (Å²) in [5, 5.41) is 11.3. The molecular formula is C39H47N5O11S. The van der Waals surface area contributed by atoms with Crippen LogP contribution in [0.2, 0.25) is 0 Å². The van der Waals surface area contributed by atoms with Gasteiger partial charge in [-0.05, 0) is 80.1 Å². The molecule has 3 atom stereocenters. The number of rotatable bonds is 17. The fraction of sp³-hybridized carbons (Fsp3) is 0.410. The van der Waals surface area contributed by atoms with E-state index in [1.807, 2.05) is 29.2 Å². The van der Waals surface area contributed by atoms with E-state index in [0.29, 0.717) is 53.3 Å². The Labute approximate surface area is 325 Å². The van der Waals surface area contributed by atoms with Gasteiger partial charge in [-0.25, -0.2) is 0 Å². The molecule has 16 nitrogen and oxygen atoms in total. The van der Waals surface area contributed by atoms with Crippen molar-refractivity contribution in [1.82, 2.24) is 10.6 Å². The Balaban J connectivity index is 1.25. The summed E-state index contributed by atoms with van der Waals surface area (Å²) in [7, 11) is -1.04. The molecule has 2 aliphatic rings. The summed E-state index contributed by atoms with van der Waals surface area (Å²) in [6, 6.07) is 14.0. The van der Waals surface area contributed by atoms with Crippen LogP contribution in [0, 0.1) is 0 Å². The summed E-state index contributed by atoms with van der Waals surface area (Å²) >= 11 is 0. The third kappa shape index (κ3) is 10.8. The second-order valence-corrected chi connectivity index (χ2v) is 15.3. The van der Waals surface area contributed by atoms with Gasteiger partial charge in [0, 0.05) is 36.8 Å². The lowest BCUT2D eigenvalue weighted by Gasteiger charge is -2.22. The van der Waals surface area contributed by atoms with Crippen molar-refractivity contribution in [3.8, 4) is 11.5 Å². The highest BCUT2D eigenvalue weighted by atomic mass is 32.2. The molecule has 0 fully saturated rings. The van der Waals surface area contributed by atoms with Gasteiger partial charge in [0.1, 0.15) is 18.7 Å². The largest absolute Gasteiger partial charge is 0.493 e. The summed E-state index contributed by atoms with van der Waals surface area (Å²) in [5.41, 5.74) is 4.24. The number of ether oxygens (including phenoxy) is 3. The van der Waals surface area contributed by atoms with Crippen LogP contribution in [-0.2, 0) is 57.9 Å². The zero-order valence-electron chi connectivity index (χ0n) is 31.9. The normalized spacial score (nSPS) is 15.5. The number of hydrogen-bond donors (Lipinski definition) is 4. The minimum Gasteiger partial charge on any atom is -0.493 e. The molecule has 5 rings (SSSR count). The number of nitrogens with zero attached hydrogens (tertiary/aromatic N) is 1. The molecule has 0 spiro atoms. The van der Waals surface area contributed by atoms with E-state index in [0.717, 1.165) is 23.9 Å². The Morgan fingerprint density at radius 3 is 2.30 bits per heavy atom. The van der Waals surface area contributed by atoms with E-state index in [-0.39, 0.29) is 55.6 Å². The fourth-order valence-electron chi connectivity index (χ4n) is 6.44. The van der Waals surface area contributed by atoms with Gasteiger partial charge in [-0.1, -0.05) is 18.2 Å². The molecule has 0 aromatic heterocycles. The zero-order chi connectivity index (χ0) is 40.6. The molecule has 0 saturated carbocycles. The minimum absolute atomic E-state index is 0.0486. The number of carbonyl (C=O) groups excluding carboxylic acids is 5. The number of benzene rings is 3. The summed E-state index contributed by atoms with van der Waals surface area (Å²) in [6.45, 7) is 3.11. The van der Waals surface area contributed by atoms with E-state index in [1.54, 1.807) is 24.3 Å². The van der Waals surface area contributed by atoms with Crippen LogP contribution in [0.1, 0.15) is 66.6 Å². The zero-order valence-corrected chi connectivity index (χ0v) is 32.7. The quantitative estimate of drug-likeness (QED) is 0.0881. The van der Waals surface area contributed by atoms with Gasteiger partial charge in [0.25, 0.3) is 16.0 Å². The van der Waals surface area contributed by atoms with Crippen molar-refractivity contribution in [1.29, 1.82) is 0 Å². The highest BCUT2D eigenvalue weighted by Crippen LogP contribution is 2.40. The van der Waals surface area contributed by atoms with Gasteiger partial charge in [-0.3, -0.25) is 28.2 Å². The monoisotopic (exact) mass is 793 g/mol. The number of unbranched alkanes of at least 4 members (excludes halogenated alkanes) is 1. The molecule has 2 aliphatic heterocycles. The topological polar surface area (TPSA) is 208 Å². The van der Waals surface area contributed by atoms with Crippen LogP contribution in [0.5, 0.6) is 11.5 Å². The van der Waals surface area contributed by atoms with E-state index in [4.69, 9.17) is 13.7 Å². The summed E-state index contributed by atoms with van der Waals surface area (Å²) in [4.78, 5) is 65.2. The van der Waals surface area contributed by atoms with Crippen LogP contribution >= 0.6 is 0 Å². The Morgan fingerprint density at radius 1 is 0.893 bits per heavy atom. The van der Waals surface area contributed by atoms with Crippen molar-refractivity contribution in [2.24, 2.45) is 0 Å². The number of para-hydroxylation sites is 1. The molecule has 3 aromatic rings. The Morgan fingerprint density at radius 2 is 1.59 bits per heavy atom. The van der Waals surface area contributed by atoms with Crippen molar-refractivity contribution in [2.75, 3.05) is 42.6 Å². The maximum absolute atomic E-state index is 13.8. The van der Waals surface area contributed by atoms with Crippen LogP contribution in [0.3, 0.4) is 0 Å². The van der Waals surface area contributed by atoms with Crippen molar-refractivity contribution in [3.63, 3.8) is 0 Å². The van der Waals surface area contributed by atoms with E-state index in [1.165, 1.54) is 34.1 Å². The summed E-state index contributed by atoms with van der Waals surface area (Å²) in [5.74, 6) is -1.40. The number of hydrogen-bond acceptors (Lipinski definition) is 12. The molecule has 56 heavy (non-hydrogen) atoms.